The van der Waals surface area contributed by atoms with Gasteiger partial charge in [-0.15, -0.1) is 0 Å². The predicted octanol–water partition coefficient (Wildman–Crippen LogP) is 3.43. The van der Waals surface area contributed by atoms with Gasteiger partial charge >= 0.3 is 6.18 Å². The summed E-state index contributed by atoms with van der Waals surface area (Å²) < 4.78 is 72.2. The van der Waals surface area contributed by atoms with Gasteiger partial charge < -0.3 is 15.0 Å². The minimum Gasteiger partial charge on any atom is -0.497 e. The van der Waals surface area contributed by atoms with Crippen LogP contribution in [0.15, 0.2) is 35.2 Å². The van der Waals surface area contributed by atoms with Crippen molar-refractivity contribution in [2.75, 3.05) is 37.4 Å². The molecule has 2 aromatic carbocycles. The first-order valence-electron chi connectivity index (χ1n) is 9.84. The Kier molecular flexibility index (Phi) is 4.34. The van der Waals surface area contributed by atoms with E-state index < -0.39 is 21.6 Å². The zero-order valence-electron chi connectivity index (χ0n) is 16.3. The first kappa shape index (κ1) is 19.7. The van der Waals surface area contributed by atoms with E-state index >= 15 is 0 Å². The lowest BCUT2D eigenvalue weighted by atomic mass is 9.88. The molecule has 1 N–H and O–H groups in total. The number of sulfone groups is 1. The molecule has 3 aliphatic rings. The van der Waals surface area contributed by atoms with Gasteiger partial charge in [0.1, 0.15) is 5.75 Å². The normalized spacial score (nSPS) is 24.3. The van der Waals surface area contributed by atoms with Crippen LogP contribution in [-0.2, 0) is 16.0 Å². The van der Waals surface area contributed by atoms with E-state index in [4.69, 9.17) is 4.74 Å². The minimum absolute atomic E-state index is 0.0196. The molecule has 0 radical (unpaired) electrons. The number of anilines is 1. The molecule has 2 atom stereocenters. The van der Waals surface area contributed by atoms with Crippen LogP contribution >= 0.6 is 0 Å². The van der Waals surface area contributed by atoms with Crippen LogP contribution in [0.5, 0.6) is 5.75 Å². The summed E-state index contributed by atoms with van der Waals surface area (Å²) in [5.74, 6) is 0.145. The fourth-order valence-electron chi connectivity index (χ4n) is 5.06. The molecule has 3 heterocycles. The molecule has 0 bridgehead atoms. The number of methoxy groups -OCH3 is 1. The Balaban J connectivity index is 1.76. The van der Waals surface area contributed by atoms with Gasteiger partial charge in [0.15, 0.2) is 9.84 Å². The van der Waals surface area contributed by atoms with Gasteiger partial charge in [-0.1, -0.05) is 6.07 Å². The molecule has 0 spiro atoms. The van der Waals surface area contributed by atoms with E-state index in [-0.39, 0.29) is 39.5 Å². The number of fused-ring (bicyclic) bond motifs is 3. The summed E-state index contributed by atoms with van der Waals surface area (Å²) in [6.07, 6.45) is -3.72. The molecule has 1 saturated heterocycles. The lowest BCUT2D eigenvalue weighted by Gasteiger charge is -2.36. The topological polar surface area (TPSA) is 58.6 Å². The summed E-state index contributed by atoms with van der Waals surface area (Å²) >= 11 is 0. The van der Waals surface area contributed by atoms with Crippen molar-refractivity contribution in [1.82, 2.24) is 5.32 Å². The third kappa shape index (κ3) is 2.90. The number of hydrogen-bond acceptors (Lipinski definition) is 5. The number of benzene rings is 2. The van der Waals surface area contributed by atoms with Crippen molar-refractivity contribution in [2.45, 2.75) is 29.5 Å². The highest BCUT2D eigenvalue weighted by atomic mass is 32.2. The number of ether oxygens (including phenoxy) is 1. The Morgan fingerprint density at radius 1 is 1.20 bits per heavy atom. The van der Waals surface area contributed by atoms with Crippen molar-refractivity contribution in [3.8, 4) is 16.9 Å². The van der Waals surface area contributed by atoms with Crippen LogP contribution in [0.3, 0.4) is 0 Å². The van der Waals surface area contributed by atoms with Gasteiger partial charge in [0.2, 0.25) is 0 Å². The summed E-state index contributed by atoms with van der Waals surface area (Å²) in [5.41, 5.74) is 0.908. The Bertz CT molecular complexity index is 1130. The van der Waals surface area contributed by atoms with E-state index in [0.717, 1.165) is 24.6 Å². The summed E-state index contributed by atoms with van der Waals surface area (Å²) in [6.45, 7) is 1.96. The van der Waals surface area contributed by atoms with Crippen LogP contribution in [0.4, 0.5) is 18.9 Å². The van der Waals surface area contributed by atoms with E-state index in [1.807, 2.05) is 0 Å². The van der Waals surface area contributed by atoms with E-state index in [2.05, 4.69) is 10.2 Å². The smallest absolute Gasteiger partial charge is 0.417 e. The van der Waals surface area contributed by atoms with Crippen LogP contribution in [0.25, 0.3) is 11.1 Å². The van der Waals surface area contributed by atoms with Gasteiger partial charge in [0, 0.05) is 25.0 Å². The van der Waals surface area contributed by atoms with Gasteiger partial charge in [-0.3, -0.25) is 0 Å². The van der Waals surface area contributed by atoms with E-state index in [1.54, 1.807) is 6.07 Å². The van der Waals surface area contributed by atoms with Crippen molar-refractivity contribution in [2.24, 2.45) is 0 Å². The number of halogens is 3. The van der Waals surface area contributed by atoms with Crippen molar-refractivity contribution >= 4 is 15.5 Å². The zero-order valence-corrected chi connectivity index (χ0v) is 17.1. The van der Waals surface area contributed by atoms with Crippen LogP contribution in [0, 0.1) is 0 Å². The van der Waals surface area contributed by atoms with Gasteiger partial charge in [-0.25, -0.2) is 8.42 Å². The second kappa shape index (κ2) is 6.62. The molecule has 0 unspecified atom stereocenters. The summed E-state index contributed by atoms with van der Waals surface area (Å²) in [6, 6.07) is 7.14. The van der Waals surface area contributed by atoms with Crippen LogP contribution < -0.4 is 15.0 Å². The van der Waals surface area contributed by atoms with E-state index in [1.165, 1.54) is 25.3 Å². The average Bonchev–Trinajstić information content (AvgIpc) is 3.04. The molecule has 2 aromatic rings. The van der Waals surface area contributed by atoms with Crippen LogP contribution in [0.2, 0.25) is 0 Å². The second-order valence-corrected chi connectivity index (χ2v) is 10.1. The lowest BCUT2D eigenvalue weighted by Crippen LogP contribution is -2.46. The highest BCUT2D eigenvalue weighted by Gasteiger charge is 2.46. The van der Waals surface area contributed by atoms with Crippen molar-refractivity contribution in [3.05, 3.63) is 41.5 Å². The van der Waals surface area contributed by atoms with Crippen LogP contribution in [-0.4, -0.2) is 47.0 Å². The summed E-state index contributed by atoms with van der Waals surface area (Å²) in [4.78, 5) is 2.30. The molecule has 0 saturated carbocycles. The monoisotopic (exact) mass is 438 g/mol. The Morgan fingerprint density at radius 2 is 2.00 bits per heavy atom. The van der Waals surface area contributed by atoms with E-state index in [0.29, 0.717) is 18.8 Å². The third-order valence-corrected chi connectivity index (χ3v) is 8.12. The quantitative estimate of drug-likeness (QED) is 0.779. The van der Waals surface area contributed by atoms with Gasteiger partial charge in [0.25, 0.3) is 0 Å². The Morgan fingerprint density at radius 3 is 2.73 bits per heavy atom. The lowest BCUT2D eigenvalue weighted by molar-refractivity contribution is -0.137. The molecule has 0 aromatic heterocycles. The van der Waals surface area contributed by atoms with Crippen molar-refractivity contribution in [1.29, 1.82) is 0 Å². The van der Waals surface area contributed by atoms with Gasteiger partial charge in [0.05, 0.1) is 29.0 Å². The third-order valence-electron chi connectivity index (χ3n) is 6.42. The number of rotatable bonds is 2. The first-order chi connectivity index (χ1) is 14.2. The van der Waals surface area contributed by atoms with Crippen LogP contribution in [0.1, 0.15) is 23.5 Å². The second-order valence-electron chi connectivity index (χ2n) is 8.00. The fraction of sp³-hybridized carbons (Fsp3) is 0.429. The van der Waals surface area contributed by atoms with Crippen molar-refractivity contribution in [3.63, 3.8) is 0 Å². The molecule has 0 amide bonds. The fourth-order valence-corrected chi connectivity index (χ4v) is 6.55. The average molecular weight is 438 g/mol. The SMILES string of the molecule is COc1ccc(-c2cc3c4c(c2)S(=O)(=O)CCN4[C@H]2CCNC[C@@H]32)c(C(F)(F)F)c1. The van der Waals surface area contributed by atoms with Gasteiger partial charge in [-0.2, -0.15) is 13.2 Å². The standard InChI is InChI=1S/C21H21F3N2O3S/c1-29-13-2-3-14(17(10-13)21(22,23)24)12-8-15-16-11-25-5-4-18(16)26-6-7-30(27,28)19(9-12)20(15)26/h2-3,8-10,16,18,25H,4-7,11H2,1H3/t16-,18-/m0/s1. The molecule has 5 nitrogen and oxygen atoms in total. The highest BCUT2D eigenvalue weighted by Crippen LogP contribution is 2.51. The Labute approximate surface area is 172 Å². The van der Waals surface area contributed by atoms with Gasteiger partial charge in [-0.05, 0) is 53.9 Å². The Hall–Kier alpha value is -2.26. The molecule has 30 heavy (non-hydrogen) atoms. The maximum atomic E-state index is 13.8. The number of nitrogens with one attached hydrogen (secondary N) is 1. The minimum atomic E-state index is -4.60. The molecule has 5 rings (SSSR count). The van der Waals surface area contributed by atoms with Crippen molar-refractivity contribution < 1.29 is 26.3 Å². The summed E-state index contributed by atoms with van der Waals surface area (Å²) in [5, 5.41) is 3.34. The molecule has 3 aliphatic heterocycles. The highest BCUT2D eigenvalue weighted by molar-refractivity contribution is 7.91. The first-order valence-corrected chi connectivity index (χ1v) is 11.5. The number of nitrogens with zero attached hydrogens (tertiary/aromatic N) is 1. The largest absolute Gasteiger partial charge is 0.497 e. The number of piperidine rings is 1. The maximum Gasteiger partial charge on any atom is 0.417 e. The molecular formula is C21H21F3N2O3S. The number of alkyl halides is 3. The maximum absolute atomic E-state index is 13.8. The molecule has 1 fully saturated rings. The van der Waals surface area contributed by atoms with E-state index in [9.17, 15) is 21.6 Å². The molecular weight excluding hydrogens is 417 g/mol. The molecule has 0 aliphatic carbocycles. The molecule has 9 heteroatoms. The predicted molar refractivity (Wildman–Crippen MR) is 107 cm³/mol. The zero-order chi connectivity index (χ0) is 21.3. The number of hydrogen-bond donors (Lipinski definition) is 1. The summed E-state index contributed by atoms with van der Waals surface area (Å²) in [7, 11) is -2.25. The molecule has 160 valence electrons.